The Morgan fingerprint density at radius 3 is 2.46 bits per heavy atom. The number of anilines is 1. The molecular weight excluding hydrogens is 560 g/mol. The zero-order valence-electron chi connectivity index (χ0n) is 23.9. The standard InChI is InChI=1S/C27H38F3N6O4P/c1-6-12-39-25(37)26(4,5)11-13-41(38,35-19(3)20-7-9-21(10-8-20)27(28,29)30)17-40-18(2)14-36-16-34-22-23(31)32-15-33-24(22)36/h7-10,15-16,18-19H,6,11-14,17H2,1-5H3,(H,35,38)(H2,31,32,33)/t18-,19+,41?/m1/s1. The number of rotatable bonds is 14. The quantitative estimate of drug-likeness (QED) is 0.175. The van der Waals surface area contributed by atoms with Gasteiger partial charge in [-0.2, -0.15) is 13.2 Å². The fraction of sp³-hybridized carbons (Fsp3) is 0.556. The summed E-state index contributed by atoms with van der Waals surface area (Å²) in [6, 6.07) is 4.16. The van der Waals surface area contributed by atoms with Gasteiger partial charge in [-0.3, -0.25) is 9.88 Å². The maximum Gasteiger partial charge on any atom is 0.416 e. The van der Waals surface area contributed by atoms with Crippen LogP contribution in [-0.2, 0) is 31.6 Å². The molecule has 10 nitrogen and oxygen atoms in total. The molecule has 0 aliphatic rings. The number of hydrogen-bond donors (Lipinski definition) is 2. The predicted molar refractivity (Wildman–Crippen MR) is 150 cm³/mol. The number of carbonyl (C=O) groups is 1. The van der Waals surface area contributed by atoms with Crippen LogP contribution in [0.15, 0.2) is 36.9 Å². The molecule has 3 atom stereocenters. The Labute approximate surface area is 237 Å². The van der Waals surface area contributed by atoms with Gasteiger partial charge >= 0.3 is 12.1 Å². The van der Waals surface area contributed by atoms with Gasteiger partial charge in [0.25, 0.3) is 0 Å². The Bertz CT molecular complexity index is 1360. The molecular formula is C27H38F3N6O4P. The lowest BCUT2D eigenvalue weighted by molar-refractivity contribution is -0.154. The Balaban J connectivity index is 1.74. The molecule has 0 aliphatic heterocycles. The molecule has 0 bridgehead atoms. The molecule has 3 aromatic rings. The molecule has 0 saturated heterocycles. The number of nitrogens with one attached hydrogen (secondary N) is 1. The number of alkyl halides is 3. The van der Waals surface area contributed by atoms with Crippen LogP contribution >= 0.6 is 7.29 Å². The number of imidazole rings is 1. The van der Waals surface area contributed by atoms with E-state index in [9.17, 15) is 22.5 Å². The molecule has 0 fully saturated rings. The molecule has 0 saturated carbocycles. The monoisotopic (exact) mass is 598 g/mol. The fourth-order valence-electron chi connectivity index (χ4n) is 4.12. The zero-order chi connectivity index (χ0) is 30.4. The zero-order valence-corrected chi connectivity index (χ0v) is 24.8. The van der Waals surface area contributed by atoms with Gasteiger partial charge in [-0.15, -0.1) is 0 Å². The van der Waals surface area contributed by atoms with E-state index in [1.807, 2.05) is 13.8 Å². The number of benzene rings is 1. The Morgan fingerprint density at radius 1 is 1.15 bits per heavy atom. The van der Waals surface area contributed by atoms with Gasteiger partial charge in [0, 0.05) is 12.2 Å². The van der Waals surface area contributed by atoms with Crippen molar-refractivity contribution >= 4 is 30.2 Å². The maximum atomic E-state index is 14.2. The maximum absolute atomic E-state index is 14.2. The van der Waals surface area contributed by atoms with Gasteiger partial charge in [0.1, 0.15) is 18.2 Å². The highest BCUT2D eigenvalue weighted by atomic mass is 31.2. The van der Waals surface area contributed by atoms with Gasteiger partial charge in [0.05, 0.1) is 36.6 Å². The topological polar surface area (TPSA) is 134 Å². The molecule has 0 aliphatic carbocycles. The van der Waals surface area contributed by atoms with Crippen molar-refractivity contribution < 1.29 is 32.0 Å². The highest BCUT2D eigenvalue weighted by Gasteiger charge is 2.35. The summed E-state index contributed by atoms with van der Waals surface area (Å²) in [4.78, 5) is 25.0. The molecule has 1 unspecified atom stereocenters. The van der Waals surface area contributed by atoms with E-state index in [0.717, 1.165) is 12.1 Å². The van der Waals surface area contributed by atoms with Crippen LogP contribution in [0.25, 0.3) is 11.2 Å². The number of hydrogen-bond acceptors (Lipinski definition) is 8. The normalized spacial score (nSPS) is 15.4. The van der Waals surface area contributed by atoms with Gasteiger partial charge in [-0.1, -0.05) is 19.1 Å². The number of nitrogen functional groups attached to an aromatic ring is 1. The van der Waals surface area contributed by atoms with Crippen molar-refractivity contribution in [1.29, 1.82) is 0 Å². The molecule has 0 spiro atoms. The van der Waals surface area contributed by atoms with Crippen LogP contribution < -0.4 is 10.8 Å². The fourth-order valence-corrected chi connectivity index (χ4v) is 6.72. The van der Waals surface area contributed by atoms with Crippen molar-refractivity contribution in [3.63, 3.8) is 0 Å². The van der Waals surface area contributed by atoms with Gasteiger partial charge < -0.3 is 24.3 Å². The Morgan fingerprint density at radius 2 is 1.83 bits per heavy atom. The number of ether oxygens (including phenoxy) is 2. The number of aromatic nitrogens is 4. The number of carbonyl (C=O) groups excluding carboxylic acids is 1. The second kappa shape index (κ2) is 13.3. The highest BCUT2D eigenvalue weighted by molar-refractivity contribution is 7.61. The van der Waals surface area contributed by atoms with Crippen molar-refractivity contribution in [2.45, 2.75) is 72.3 Å². The summed E-state index contributed by atoms with van der Waals surface area (Å²) in [5.41, 5.74) is 5.75. The summed E-state index contributed by atoms with van der Waals surface area (Å²) in [7, 11) is -3.32. The molecule has 41 heavy (non-hydrogen) atoms. The highest BCUT2D eigenvalue weighted by Crippen LogP contribution is 2.47. The molecule has 2 aromatic heterocycles. The molecule has 2 heterocycles. The van der Waals surface area contributed by atoms with Crippen LogP contribution in [-0.4, -0.2) is 50.7 Å². The van der Waals surface area contributed by atoms with Crippen LogP contribution in [0.2, 0.25) is 0 Å². The molecule has 3 N–H and O–H groups in total. The number of nitrogens with zero attached hydrogens (tertiary/aromatic N) is 4. The van der Waals surface area contributed by atoms with E-state index in [4.69, 9.17) is 15.2 Å². The first-order chi connectivity index (χ1) is 19.1. The summed E-state index contributed by atoms with van der Waals surface area (Å²) in [6.45, 7) is 9.53. The third-order valence-corrected chi connectivity index (χ3v) is 9.08. The van der Waals surface area contributed by atoms with Crippen LogP contribution in [0.1, 0.15) is 64.6 Å². The first-order valence-corrected chi connectivity index (χ1v) is 15.5. The van der Waals surface area contributed by atoms with Crippen LogP contribution in [0.4, 0.5) is 19.0 Å². The van der Waals surface area contributed by atoms with Gasteiger partial charge in [0.15, 0.2) is 18.8 Å². The number of nitrogens with two attached hydrogens (primary N) is 1. The summed E-state index contributed by atoms with van der Waals surface area (Å²) >= 11 is 0. The van der Waals surface area contributed by atoms with E-state index < -0.39 is 36.6 Å². The van der Waals surface area contributed by atoms with Crippen molar-refractivity contribution in [2.24, 2.45) is 5.41 Å². The van der Waals surface area contributed by atoms with Gasteiger partial charge in [-0.25, -0.2) is 15.0 Å². The Hall–Kier alpha value is -3.02. The second-order valence-corrected chi connectivity index (χ2v) is 13.5. The van der Waals surface area contributed by atoms with E-state index in [0.29, 0.717) is 36.3 Å². The predicted octanol–water partition coefficient (Wildman–Crippen LogP) is 5.79. The summed E-state index contributed by atoms with van der Waals surface area (Å²) in [5.74, 6) is -0.127. The molecule has 0 amide bonds. The first kappa shape index (κ1) is 32.5. The van der Waals surface area contributed by atoms with Crippen LogP contribution in [0.3, 0.4) is 0 Å². The SMILES string of the molecule is CCCOC(=O)C(C)(C)CCP(=O)(CO[C@H](C)Cn1cnc2c(N)ncnc21)N[C@@H](C)c1ccc(C(F)(F)F)cc1. The lowest BCUT2D eigenvalue weighted by atomic mass is 9.90. The molecule has 226 valence electrons. The van der Waals surface area contributed by atoms with Gasteiger partial charge in [-0.05, 0) is 58.2 Å². The lowest BCUT2D eigenvalue weighted by Crippen LogP contribution is -2.30. The van der Waals surface area contributed by atoms with Crippen molar-refractivity contribution in [3.05, 3.63) is 48.0 Å². The van der Waals surface area contributed by atoms with E-state index in [1.54, 1.807) is 31.7 Å². The minimum Gasteiger partial charge on any atom is -0.465 e. The average Bonchev–Trinajstić information content (AvgIpc) is 3.33. The van der Waals surface area contributed by atoms with Crippen LogP contribution in [0.5, 0.6) is 0 Å². The van der Waals surface area contributed by atoms with Crippen LogP contribution in [0, 0.1) is 5.41 Å². The van der Waals surface area contributed by atoms with E-state index in [2.05, 4.69) is 20.0 Å². The molecule has 14 heteroatoms. The summed E-state index contributed by atoms with van der Waals surface area (Å²) in [6.07, 6.45) is -1.07. The minimum absolute atomic E-state index is 0.108. The summed E-state index contributed by atoms with van der Waals surface area (Å²) < 4.78 is 66.4. The molecule has 3 rings (SSSR count). The average molecular weight is 599 g/mol. The number of esters is 1. The van der Waals surface area contributed by atoms with E-state index in [1.165, 1.54) is 18.5 Å². The second-order valence-electron chi connectivity index (χ2n) is 10.8. The summed E-state index contributed by atoms with van der Waals surface area (Å²) in [5, 5.41) is 3.11. The molecule has 1 aromatic carbocycles. The largest absolute Gasteiger partial charge is 0.465 e. The smallest absolute Gasteiger partial charge is 0.416 e. The minimum atomic E-state index is -4.45. The lowest BCUT2D eigenvalue weighted by Gasteiger charge is -2.29. The van der Waals surface area contributed by atoms with Crippen molar-refractivity contribution in [1.82, 2.24) is 24.6 Å². The number of fused-ring (bicyclic) bond motifs is 1. The number of halogens is 3. The third kappa shape index (κ3) is 8.73. The van der Waals surface area contributed by atoms with Gasteiger partial charge in [0.2, 0.25) is 0 Å². The van der Waals surface area contributed by atoms with E-state index >= 15 is 0 Å². The first-order valence-electron chi connectivity index (χ1n) is 13.4. The third-order valence-electron chi connectivity index (χ3n) is 6.71. The van der Waals surface area contributed by atoms with Crippen molar-refractivity contribution in [3.8, 4) is 0 Å². The van der Waals surface area contributed by atoms with Crippen molar-refractivity contribution in [2.75, 3.05) is 24.9 Å². The molecule has 0 radical (unpaired) electrons. The van der Waals surface area contributed by atoms with E-state index in [-0.39, 0.29) is 30.7 Å². The Kier molecular flexibility index (Phi) is 10.5.